The van der Waals surface area contributed by atoms with E-state index in [0.29, 0.717) is 11.1 Å². The molecule has 7 heteroatoms. The summed E-state index contributed by atoms with van der Waals surface area (Å²) in [7, 11) is 0. The van der Waals surface area contributed by atoms with Crippen molar-refractivity contribution in [2.75, 3.05) is 10.6 Å². The van der Waals surface area contributed by atoms with E-state index in [-0.39, 0.29) is 28.9 Å². The molecule has 0 spiro atoms. The number of nitrogens with one attached hydrogen (secondary N) is 3. The van der Waals surface area contributed by atoms with Crippen molar-refractivity contribution in [2.45, 2.75) is 13.8 Å². The summed E-state index contributed by atoms with van der Waals surface area (Å²) >= 11 is 0. The molecule has 0 heterocycles. The third-order valence-corrected chi connectivity index (χ3v) is 4.73. The second kappa shape index (κ2) is 11.0. The maximum Gasteiger partial charge on any atom is 0.221 e. The van der Waals surface area contributed by atoms with Crippen LogP contribution in [0.4, 0.5) is 17.1 Å². The van der Waals surface area contributed by atoms with Crippen molar-refractivity contribution in [1.29, 1.82) is 0 Å². The highest BCUT2D eigenvalue weighted by molar-refractivity contribution is 6.01. The largest absolute Gasteiger partial charge is 0.595 e. The van der Waals surface area contributed by atoms with E-state index in [1.54, 1.807) is 30.4 Å². The summed E-state index contributed by atoms with van der Waals surface area (Å²) in [5.74, 6) is -0.718. The van der Waals surface area contributed by atoms with Crippen molar-refractivity contribution in [3.8, 4) is 0 Å². The first-order chi connectivity index (χ1) is 15.8. The fourth-order valence-electron chi connectivity index (χ4n) is 3.36. The van der Waals surface area contributed by atoms with E-state index in [9.17, 15) is 20.0 Å². The quantitative estimate of drug-likeness (QED) is 0.322. The Morgan fingerprint density at radius 2 is 1.15 bits per heavy atom. The van der Waals surface area contributed by atoms with Gasteiger partial charge in [0, 0.05) is 13.8 Å². The standard InChI is InChI=1S/C26H25N3O4/c1-18(30)27-24-17-25(28-19(2)31)23(16-14-21-11-7-4-8-12-21)26(29(32)33)22(24)15-13-20-9-5-3-6-10-20/h3-17,29,32H,1-2H3,(H,27,30)(H,28,31). The van der Waals surface area contributed by atoms with Crippen LogP contribution in [0.15, 0.2) is 66.7 Å². The van der Waals surface area contributed by atoms with Gasteiger partial charge >= 0.3 is 0 Å². The summed E-state index contributed by atoms with van der Waals surface area (Å²) in [4.78, 5) is 23.7. The molecule has 0 saturated carbocycles. The number of anilines is 2. The topological polar surface area (TPSA) is 106 Å². The normalized spacial score (nSPS) is 12.1. The number of carbonyl (C=O) groups is 2. The van der Waals surface area contributed by atoms with Gasteiger partial charge in [0.15, 0.2) is 5.69 Å². The van der Waals surface area contributed by atoms with Gasteiger partial charge in [-0.2, -0.15) is 5.23 Å². The van der Waals surface area contributed by atoms with Gasteiger partial charge in [-0.25, -0.2) is 5.21 Å². The van der Waals surface area contributed by atoms with Gasteiger partial charge in [-0.15, -0.1) is 0 Å². The van der Waals surface area contributed by atoms with Crippen molar-refractivity contribution < 1.29 is 20.0 Å². The zero-order valence-electron chi connectivity index (χ0n) is 18.3. The molecule has 33 heavy (non-hydrogen) atoms. The van der Waals surface area contributed by atoms with Crippen LogP contribution in [-0.4, -0.2) is 17.0 Å². The van der Waals surface area contributed by atoms with Crippen molar-refractivity contribution in [1.82, 2.24) is 0 Å². The lowest BCUT2D eigenvalue weighted by Crippen LogP contribution is -2.99. The Morgan fingerprint density at radius 1 is 0.758 bits per heavy atom. The Bertz CT molecular complexity index is 1100. The fourth-order valence-corrected chi connectivity index (χ4v) is 3.36. The highest BCUT2D eigenvalue weighted by atomic mass is 16.8. The number of carbonyl (C=O) groups excluding carboxylic acids is 2. The second-order valence-corrected chi connectivity index (χ2v) is 7.33. The molecule has 3 rings (SSSR count). The molecule has 0 aliphatic carbocycles. The zero-order valence-corrected chi connectivity index (χ0v) is 18.3. The lowest BCUT2D eigenvalue weighted by molar-refractivity contribution is -0.991. The van der Waals surface area contributed by atoms with Gasteiger partial charge in [-0.1, -0.05) is 72.8 Å². The molecule has 1 unspecified atom stereocenters. The first-order valence-electron chi connectivity index (χ1n) is 10.3. The molecule has 0 saturated heterocycles. The minimum absolute atomic E-state index is 0.0376. The van der Waals surface area contributed by atoms with Crippen molar-refractivity contribution >= 4 is 53.2 Å². The smallest absolute Gasteiger partial charge is 0.221 e. The molecule has 2 amide bonds. The van der Waals surface area contributed by atoms with E-state index in [1.807, 2.05) is 60.7 Å². The Kier molecular flexibility index (Phi) is 7.88. The van der Waals surface area contributed by atoms with Crippen LogP contribution in [0.25, 0.3) is 24.3 Å². The molecule has 168 valence electrons. The first-order valence-corrected chi connectivity index (χ1v) is 10.3. The molecular weight excluding hydrogens is 418 g/mol. The van der Waals surface area contributed by atoms with Gasteiger partial charge in [0.25, 0.3) is 0 Å². The van der Waals surface area contributed by atoms with Crippen LogP contribution < -0.4 is 15.9 Å². The van der Waals surface area contributed by atoms with E-state index < -0.39 is 5.23 Å². The number of hydrogen-bond acceptors (Lipinski definition) is 4. The van der Waals surface area contributed by atoms with E-state index >= 15 is 0 Å². The van der Waals surface area contributed by atoms with E-state index in [0.717, 1.165) is 11.1 Å². The van der Waals surface area contributed by atoms with Gasteiger partial charge in [0.1, 0.15) is 0 Å². The maximum absolute atomic E-state index is 12.4. The van der Waals surface area contributed by atoms with Crippen LogP contribution >= 0.6 is 0 Å². The molecule has 7 nitrogen and oxygen atoms in total. The van der Waals surface area contributed by atoms with Gasteiger partial charge in [0.05, 0.1) is 22.5 Å². The molecule has 0 fully saturated rings. The summed E-state index contributed by atoms with van der Waals surface area (Å²) < 4.78 is 0. The average molecular weight is 444 g/mol. The monoisotopic (exact) mass is 443 g/mol. The Labute approximate surface area is 192 Å². The summed E-state index contributed by atoms with van der Waals surface area (Å²) in [5, 5.41) is 26.8. The summed E-state index contributed by atoms with van der Waals surface area (Å²) in [6, 6.07) is 20.4. The number of amides is 2. The number of rotatable bonds is 7. The van der Waals surface area contributed by atoms with E-state index in [1.165, 1.54) is 13.8 Å². The zero-order chi connectivity index (χ0) is 23.8. The van der Waals surface area contributed by atoms with Crippen molar-refractivity contribution in [3.63, 3.8) is 0 Å². The predicted octanol–water partition coefficient (Wildman–Crippen LogP) is 4.35. The van der Waals surface area contributed by atoms with Gasteiger partial charge in [0.2, 0.25) is 11.8 Å². The molecule has 4 N–H and O–H groups in total. The average Bonchev–Trinajstić information content (AvgIpc) is 2.77. The van der Waals surface area contributed by atoms with E-state index in [2.05, 4.69) is 10.6 Å². The Morgan fingerprint density at radius 3 is 1.48 bits per heavy atom. The third kappa shape index (κ3) is 6.47. The minimum atomic E-state index is -1.19. The molecule has 3 aromatic carbocycles. The summed E-state index contributed by atoms with van der Waals surface area (Å²) in [5.41, 5.74) is 2.92. The highest BCUT2D eigenvalue weighted by Gasteiger charge is 2.22. The van der Waals surface area contributed by atoms with Crippen LogP contribution in [0.1, 0.15) is 36.1 Å². The second-order valence-electron chi connectivity index (χ2n) is 7.33. The predicted molar refractivity (Wildman–Crippen MR) is 132 cm³/mol. The lowest BCUT2D eigenvalue weighted by Gasteiger charge is -2.22. The van der Waals surface area contributed by atoms with Crippen LogP contribution in [0.5, 0.6) is 0 Å². The van der Waals surface area contributed by atoms with Crippen molar-refractivity contribution in [2.24, 2.45) is 0 Å². The third-order valence-electron chi connectivity index (χ3n) is 4.73. The molecule has 1 atom stereocenters. The van der Waals surface area contributed by atoms with Crippen LogP contribution in [0.2, 0.25) is 0 Å². The van der Waals surface area contributed by atoms with Crippen LogP contribution in [0, 0.1) is 5.21 Å². The SMILES string of the molecule is CC(=O)Nc1cc(NC(C)=O)c(C=Cc2ccccc2)c([NH+]([O-])O)c1C=Cc1ccccc1. The molecular formula is C26H25N3O4. The molecule has 0 aliphatic heterocycles. The highest BCUT2D eigenvalue weighted by Crippen LogP contribution is 2.36. The fraction of sp³-hybridized carbons (Fsp3) is 0.0769. The van der Waals surface area contributed by atoms with E-state index in [4.69, 9.17) is 0 Å². The van der Waals surface area contributed by atoms with Crippen LogP contribution in [0.3, 0.4) is 0 Å². The van der Waals surface area contributed by atoms with Gasteiger partial charge < -0.3 is 15.8 Å². The molecule has 0 radical (unpaired) electrons. The Balaban J connectivity index is 2.25. The summed E-state index contributed by atoms with van der Waals surface area (Å²) in [6.07, 6.45) is 6.86. The lowest BCUT2D eigenvalue weighted by atomic mass is 9.99. The molecule has 3 aromatic rings. The summed E-state index contributed by atoms with van der Waals surface area (Å²) in [6.45, 7) is 2.68. The maximum atomic E-state index is 12.4. The molecule has 0 aromatic heterocycles. The van der Waals surface area contributed by atoms with Gasteiger partial charge in [-0.05, 0) is 29.3 Å². The minimum Gasteiger partial charge on any atom is -0.595 e. The number of benzene rings is 3. The van der Waals surface area contributed by atoms with Crippen molar-refractivity contribution in [3.05, 3.63) is 94.2 Å². The number of hydrogen-bond donors (Lipinski definition) is 4. The van der Waals surface area contributed by atoms with Crippen LogP contribution in [-0.2, 0) is 9.59 Å². The molecule has 0 bridgehead atoms. The van der Waals surface area contributed by atoms with Gasteiger partial charge in [-0.3, -0.25) is 9.59 Å². The Hall–Kier alpha value is -4.04. The first kappa shape index (κ1) is 23.6. The number of quaternary nitrogens is 1. The molecule has 0 aliphatic rings.